The minimum Gasteiger partial charge on any atom is -0.364 e. The first-order valence-corrected chi connectivity index (χ1v) is 8.82. The minimum absolute atomic E-state index is 0.180. The minimum atomic E-state index is -0.475. The van der Waals surface area contributed by atoms with Gasteiger partial charge in [0.1, 0.15) is 17.6 Å². The van der Waals surface area contributed by atoms with Crippen LogP contribution in [0.4, 0.5) is 4.39 Å². The van der Waals surface area contributed by atoms with Gasteiger partial charge in [-0.1, -0.05) is 0 Å². The number of halogens is 1. The van der Waals surface area contributed by atoms with Gasteiger partial charge in [0, 0.05) is 50.4 Å². The molecule has 2 aliphatic heterocycles. The highest BCUT2D eigenvalue weighted by atomic mass is 32.1. The number of hydrogen-bond donors (Lipinski definition) is 2. The maximum absolute atomic E-state index is 14.7. The zero-order valence-corrected chi connectivity index (χ0v) is 14.2. The second-order valence-electron chi connectivity index (χ2n) is 6.73. The van der Waals surface area contributed by atoms with E-state index in [1.807, 2.05) is 9.80 Å². The molecule has 1 unspecified atom stereocenters. The monoisotopic (exact) mass is 349 g/mol. The Kier molecular flexibility index (Phi) is 4.00. The molecular formula is C17H20FN3O2S. The molecule has 0 bridgehead atoms. The number of nitrogens with zero attached hydrogens (tertiary/aromatic N) is 2. The summed E-state index contributed by atoms with van der Waals surface area (Å²) < 4.78 is 14.7. The maximum atomic E-state index is 14.7. The van der Waals surface area contributed by atoms with Crippen molar-refractivity contribution in [3.63, 3.8) is 0 Å². The summed E-state index contributed by atoms with van der Waals surface area (Å²) in [5, 5.41) is 2.90. The van der Waals surface area contributed by atoms with Crippen molar-refractivity contribution in [2.24, 2.45) is 0 Å². The summed E-state index contributed by atoms with van der Waals surface area (Å²) in [6.45, 7) is 2.75. The number of carbonyl (C=O) groups is 2. The van der Waals surface area contributed by atoms with Crippen LogP contribution in [0, 0.1) is 0 Å². The van der Waals surface area contributed by atoms with Crippen LogP contribution in [0.15, 0.2) is 34.9 Å². The lowest BCUT2D eigenvalue weighted by atomic mass is 9.86. The van der Waals surface area contributed by atoms with E-state index in [4.69, 9.17) is 0 Å². The second-order valence-corrected chi connectivity index (χ2v) is 7.14. The number of piperazine rings is 1. The van der Waals surface area contributed by atoms with Crippen LogP contribution in [0.3, 0.4) is 0 Å². The topological polar surface area (TPSA) is 52.7 Å². The predicted molar refractivity (Wildman–Crippen MR) is 91.0 cm³/mol. The van der Waals surface area contributed by atoms with E-state index in [2.05, 4.69) is 17.9 Å². The lowest BCUT2D eigenvalue weighted by molar-refractivity contribution is -0.121. The molecule has 1 N–H and O–H groups in total. The first-order valence-electron chi connectivity index (χ1n) is 8.38. The molecule has 0 amide bonds. The highest BCUT2D eigenvalue weighted by Crippen LogP contribution is 2.41. The Morgan fingerprint density at radius 2 is 2.00 bits per heavy atom. The van der Waals surface area contributed by atoms with Crippen LogP contribution < -0.4 is 5.32 Å². The van der Waals surface area contributed by atoms with E-state index in [1.54, 1.807) is 6.20 Å². The van der Waals surface area contributed by atoms with E-state index in [9.17, 15) is 14.0 Å². The van der Waals surface area contributed by atoms with Crippen molar-refractivity contribution >= 4 is 23.5 Å². The fraction of sp³-hybridized carbons (Fsp3) is 0.529. The average molecular weight is 349 g/mol. The standard InChI is InChI=1S/C17H20FN3O2S/c18-13-8-10-7-11(17(23)24)9-21(12-1-2-12)14(10)16(22)15(13)20-5-3-19-4-6-20/h8-9,12,14,19H,1-7H2,(H,23,24). The molecule has 1 atom stereocenters. The Balaban J connectivity index is 1.72. The summed E-state index contributed by atoms with van der Waals surface area (Å²) in [4.78, 5) is 28.6. The van der Waals surface area contributed by atoms with Crippen molar-refractivity contribution in [2.45, 2.75) is 31.3 Å². The molecule has 1 saturated heterocycles. The Labute approximate surface area is 145 Å². The third-order valence-electron chi connectivity index (χ3n) is 5.05. The molecule has 5 nitrogen and oxygen atoms in total. The fourth-order valence-electron chi connectivity index (χ4n) is 3.74. The van der Waals surface area contributed by atoms with Crippen LogP contribution in [-0.2, 0) is 9.59 Å². The first-order chi connectivity index (χ1) is 11.6. The van der Waals surface area contributed by atoms with Gasteiger partial charge in [-0.2, -0.15) is 0 Å². The number of rotatable bonds is 3. The van der Waals surface area contributed by atoms with Gasteiger partial charge in [-0.05, 0) is 24.5 Å². The van der Waals surface area contributed by atoms with Crippen LogP contribution in [-0.4, -0.2) is 59.0 Å². The average Bonchev–Trinajstić information content (AvgIpc) is 3.39. The predicted octanol–water partition coefficient (Wildman–Crippen LogP) is 1.16. The molecule has 0 spiro atoms. The van der Waals surface area contributed by atoms with E-state index in [-0.39, 0.29) is 22.6 Å². The quantitative estimate of drug-likeness (QED) is 0.749. The van der Waals surface area contributed by atoms with Gasteiger partial charge >= 0.3 is 0 Å². The van der Waals surface area contributed by atoms with E-state index >= 15 is 0 Å². The van der Waals surface area contributed by atoms with Crippen LogP contribution in [0.1, 0.15) is 19.3 Å². The van der Waals surface area contributed by atoms with Gasteiger partial charge in [-0.15, -0.1) is 12.6 Å². The number of carbonyl (C=O) groups excluding carboxylic acids is 2. The highest BCUT2D eigenvalue weighted by Gasteiger charge is 2.45. The molecule has 0 aromatic rings. The van der Waals surface area contributed by atoms with E-state index in [1.165, 1.54) is 6.08 Å². The third kappa shape index (κ3) is 2.69. The van der Waals surface area contributed by atoms with E-state index in [0.29, 0.717) is 30.7 Å². The number of ketones is 1. The van der Waals surface area contributed by atoms with Gasteiger partial charge in [0.2, 0.25) is 10.9 Å². The summed E-state index contributed by atoms with van der Waals surface area (Å²) in [7, 11) is 0. The van der Waals surface area contributed by atoms with Crippen LogP contribution in [0.25, 0.3) is 0 Å². The normalized spacial score (nSPS) is 27.8. The summed E-state index contributed by atoms with van der Waals surface area (Å²) in [6, 6.07) is -0.214. The van der Waals surface area contributed by atoms with Crippen molar-refractivity contribution in [2.75, 3.05) is 26.2 Å². The molecule has 7 heteroatoms. The molecule has 1 saturated carbocycles. The second kappa shape index (κ2) is 6.04. The number of allylic oxidation sites excluding steroid dienone is 2. The Morgan fingerprint density at radius 1 is 1.29 bits per heavy atom. The van der Waals surface area contributed by atoms with Gasteiger partial charge in [-0.3, -0.25) is 9.59 Å². The number of Topliss-reactive ketones (excluding diaryl/α,β-unsaturated/α-hetero) is 1. The molecule has 24 heavy (non-hydrogen) atoms. The molecule has 4 aliphatic rings. The van der Waals surface area contributed by atoms with E-state index in [0.717, 1.165) is 25.9 Å². The molecular weight excluding hydrogens is 329 g/mol. The van der Waals surface area contributed by atoms with Crippen molar-refractivity contribution in [1.82, 2.24) is 15.1 Å². The smallest absolute Gasteiger partial charge is 0.214 e. The van der Waals surface area contributed by atoms with Crippen molar-refractivity contribution in [1.29, 1.82) is 0 Å². The summed E-state index contributed by atoms with van der Waals surface area (Å²) >= 11 is 3.91. The maximum Gasteiger partial charge on any atom is 0.214 e. The first kappa shape index (κ1) is 15.9. The van der Waals surface area contributed by atoms with E-state index < -0.39 is 11.9 Å². The van der Waals surface area contributed by atoms with Crippen molar-refractivity contribution in [3.8, 4) is 0 Å². The lowest BCUT2D eigenvalue weighted by Crippen LogP contribution is -2.51. The SMILES string of the molecule is O=C(S)C1=CN(C2CC2)C2C(=O)C(N3CCNCC3)=C(F)C=C2C1. The Morgan fingerprint density at radius 3 is 2.62 bits per heavy atom. The third-order valence-corrected chi connectivity index (χ3v) is 5.33. The molecule has 0 aromatic heterocycles. The largest absolute Gasteiger partial charge is 0.364 e. The molecule has 2 heterocycles. The summed E-state index contributed by atoms with van der Waals surface area (Å²) in [6.07, 6.45) is 5.52. The molecule has 0 radical (unpaired) electrons. The number of nitrogens with one attached hydrogen (secondary N) is 1. The number of thiol groups is 1. The number of fused-ring (bicyclic) bond motifs is 1. The zero-order valence-electron chi connectivity index (χ0n) is 13.3. The summed E-state index contributed by atoms with van der Waals surface area (Å²) in [5.41, 5.74) is 1.40. The number of hydrogen-bond acceptors (Lipinski definition) is 5. The molecule has 2 fully saturated rings. The highest BCUT2D eigenvalue weighted by molar-refractivity contribution is 7.97. The zero-order chi connectivity index (χ0) is 16.8. The van der Waals surface area contributed by atoms with Gasteiger partial charge in [-0.25, -0.2) is 4.39 Å². The Bertz CT molecular complexity index is 690. The van der Waals surface area contributed by atoms with Crippen LogP contribution in [0.5, 0.6) is 0 Å². The molecule has 0 aromatic carbocycles. The molecule has 128 valence electrons. The van der Waals surface area contributed by atoms with Crippen LogP contribution in [0.2, 0.25) is 0 Å². The van der Waals surface area contributed by atoms with Crippen LogP contribution >= 0.6 is 12.6 Å². The van der Waals surface area contributed by atoms with Gasteiger partial charge in [0.05, 0.1) is 0 Å². The van der Waals surface area contributed by atoms with Gasteiger partial charge < -0.3 is 15.1 Å². The fourth-order valence-corrected chi connectivity index (χ4v) is 3.87. The Hall–Kier alpha value is -1.60. The van der Waals surface area contributed by atoms with Gasteiger partial charge in [0.15, 0.2) is 0 Å². The van der Waals surface area contributed by atoms with Gasteiger partial charge in [0.25, 0.3) is 0 Å². The molecule has 2 aliphatic carbocycles. The van der Waals surface area contributed by atoms with Crippen molar-refractivity contribution < 1.29 is 14.0 Å². The molecule has 4 rings (SSSR count). The van der Waals surface area contributed by atoms with Crippen molar-refractivity contribution in [3.05, 3.63) is 34.9 Å². The lowest BCUT2D eigenvalue weighted by Gasteiger charge is -2.41. The summed E-state index contributed by atoms with van der Waals surface area (Å²) in [5.74, 6) is -0.655.